The van der Waals surface area contributed by atoms with Crippen molar-refractivity contribution < 1.29 is 9.59 Å². The number of nitrogens with zero attached hydrogens (tertiary/aromatic N) is 1. The number of piperazine rings is 1. The third-order valence-electron chi connectivity index (χ3n) is 3.03. The van der Waals surface area contributed by atoms with Crippen molar-refractivity contribution in [2.75, 3.05) is 31.5 Å². The normalized spacial score (nSPS) is 15.2. The first-order valence-electron chi connectivity index (χ1n) is 6.15. The smallest absolute Gasteiger partial charge is 0.313 e. The topological polar surface area (TPSA) is 61.4 Å². The van der Waals surface area contributed by atoms with E-state index in [4.69, 9.17) is 11.6 Å². The van der Waals surface area contributed by atoms with Crippen molar-refractivity contribution in [2.24, 2.45) is 0 Å². The van der Waals surface area contributed by atoms with Crippen LogP contribution in [0.25, 0.3) is 0 Å². The Labute approximate surface area is 116 Å². The van der Waals surface area contributed by atoms with Crippen molar-refractivity contribution in [3.63, 3.8) is 0 Å². The lowest BCUT2D eigenvalue weighted by Gasteiger charge is -2.26. The average molecular weight is 282 g/mol. The van der Waals surface area contributed by atoms with Gasteiger partial charge in [-0.25, -0.2) is 0 Å². The number of aryl methyl sites for hydroxylation is 1. The molecule has 1 aromatic rings. The second kappa shape index (κ2) is 6.04. The van der Waals surface area contributed by atoms with E-state index in [1.54, 1.807) is 23.1 Å². The summed E-state index contributed by atoms with van der Waals surface area (Å²) in [6.07, 6.45) is 0. The zero-order valence-electron chi connectivity index (χ0n) is 10.7. The number of amides is 2. The number of carbonyl (C=O) groups excluding carboxylic acids is 2. The van der Waals surface area contributed by atoms with E-state index >= 15 is 0 Å². The van der Waals surface area contributed by atoms with Gasteiger partial charge in [0.05, 0.1) is 0 Å². The molecule has 2 rings (SSSR count). The molecule has 0 unspecified atom stereocenters. The van der Waals surface area contributed by atoms with E-state index in [9.17, 15) is 9.59 Å². The Balaban J connectivity index is 1.99. The lowest BCUT2D eigenvalue weighted by atomic mass is 10.2. The molecule has 1 aliphatic heterocycles. The highest BCUT2D eigenvalue weighted by Crippen LogP contribution is 2.19. The van der Waals surface area contributed by atoms with Gasteiger partial charge in [0.15, 0.2) is 0 Å². The summed E-state index contributed by atoms with van der Waals surface area (Å²) in [5, 5.41) is 6.26. The molecule has 2 N–H and O–H groups in total. The predicted octanol–water partition coefficient (Wildman–Crippen LogP) is 1.02. The van der Waals surface area contributed by atoms with E-state index in [1.165, 1.54) is 0 Å². The van der Waals surface area contributed by atoms with Crippen LogP contribution in [0.4, 0.5) is 5.69 Å². The molecular weight excluding hydrogens is 266 g/mol. The summed E-state index contributed by atoms with van der Waals surface area (Å²) in [5.41, 5.74) is 1.46. The monoisotopic (exact) mass is 281 g/mol. The Bertz CT molecular complexity index is 499. The lowest BCUT2D eigenvalue weighted by molar-refractivity contribution is -0.143. The van der Waals surface area contributed by atoms with Crippen molar-refractivity contribution >= 4 is 29.1 Å². The zero-order chi connectivity index (χ0) is 13.8. The van der Waals surface area contributed by atoms with Crippen LogP contribution in [-0.4, -0.2) is 42.9 Å². The van der Waals surface area contributed by atoms with E-state index in [2.05, 4.69) is 10.6 Å². The first-order chi connectivity index (χ1) is 9.08. The van der Waals surface area contributed by atoms with Crippen molar-refractivity contribution in [2.45, 2.75) is 6.92 Å². The largest absolute Gasteiger partial charge is 0.332 e. The molecule has 0 aromatic heterocycles. The molecule has 1 aromatic carbocycles. The summed E-state index contributed by atoms with van der Waals surface area (Å²) in [5.74, 6) is -1.12. The molecule has 0 radical (unpaired) electrons. The van der Waals surface area contributed by atoms with Crippen molar-refractivity contribution in [1.29, 1.82) is 0 Å². The Hall–Kier alpha value is -1.59. The van der Waals surface area contributed by atoms with Gasteiger partial charge in [-0.3, -0.25) is 9.59 Å². The summed E-state index contributed by atoms with van der Waals surface area (Å²) in [7, 11) is 0. The fourth-order valence-electron chi connectivity index (χ4n) is 1.87. The van der Waals surface area contributed by atoms with Crippen molar-refractivity contribution in [1.82, 2.24) is 10.2 Å². The minimum Gasteiger partial charge on any atom is -0.332 e. The molecule has 102 valence electrons. The van der Waals surface area contributed by atoms with Crippen molar-refractivity contribution in [3.05, 3.63) is 28.8 Å². The highest BCUT2D eigenvalue weighted by atomic mass is 35.5. The SMILES string of the molecule is Cc1ccc(NC(=O)C(=O)N2CCNCC2)cc1Cl. The van der Waals surface area contributed by atoms with Crippen molar-refractivity contribution in [3.8, 4) is 0 Å². The quantitative estimate of drug-likeness (QED) is 0.756. The second-order valence-electron chi connectivity index (χ2n) is 4.46. The van der Waals surface area contributed by atoms with Gasteiger partial charge in [-0.1, -0.05) is 17.7 Å². The number of halogens is 1. The van der Waals surface area contributed by atoms with E-state index < -0.39 is 11.8 Å². The van der Waals surface area contributed by atoms with Gasteiger partial charge in [0.1, 0.15) is 0 Å². The van der Waals surface area contributed by atoms with Crippen LogP contribution in [0.3, 0.4) is 0 Å². The van der Waals surface area contributed by atoms with Crippen LogP contribution in [0.5, 0.6) is 0 Å². The fourth-order valence-corrected chi connectivity index (χ4v) is 2.05. The molecule has 0 saturated carbocycles. The van der Waals surface area contributed by atoms with Gasteiger partial charge in [0.2, 0.25) is 0 Å². The van der Waals surface area contributed by atoms with Crippen LogP contribution < -0.4 is 10.6 Å². The maximum Gasteiger partial charge on any atom is 0.313 e. The number of nitrogens with one attached hydrogen (secondary N) is 2. The highest BCUT2D eigenvalue weighted by molar-refractivity contribution is 6.39. The van der Waals surface area contributed by atoms with Gasteiger partial charge in [-0.15, -0.1) is 0 Å². The minimum absolute atomic E-state index is 0.502. The molecule has 6 heteroatoms. The highest BCUT2D eigenvalue weighted by Gasteiger charge is 2.23. The van der Waals surface area contributed by atoms with Gasteiger partial charge in [-0.05, 0) is 24.6 Å². The Morgan fingerprint density at radius 3 is 2.63 bits per heavy atom. The molecule has 1 fully saturated rings. The minimum atomic E-state index is -0.623. The van der Waals surface area contributed by atoms with Gasteiger partial charge >= 0.3 is 11.8 Å². The van der Waals surface area contributed by atoms with Crippen LogP contribution >= 0.6 is 11.6 Å². The van der Waals surface area contributed by atoms with Crippen LogP contribution in [0, 0.1) is 6.92 Å². The molecule has 0 spiro atoms. The number of hydrogen-bond donors (Lipinski definition) is 2. The summed E-state index contributed by atoms with van der Waals surface area (Å²) in [6, 6.07) is 5.16. The predicted molar refractivity (Wildman–Crippen MR) is 74.3 cm³/mol. The van der Waals surface area contributed by atoms with Gasteiger partial charge in [0.25, 0.3) is 0 Å². The third-order valence-corrected chi connectivity index (χ3v) is 3.44. The number of benzene rings is 1. The molecular formula is C13H16ClN3O2. The maximum absolute atomic E-state index is 11.9. The Kier molecular flexibility index (Phi) is 4.39. The first kappa shape index (κ1) is 13.8. The van der Waals surface area contributed by atoms with Gasteiger partial charge in [-0.2, -0.15) is 0 Å². The fraction of sp³-hybridized carbons (Fsp3) is 0.385. The van der Waals surface area contributed by atoms with E-state index in [0.29, 0.717) is 23.8 Å². The summed E-state index contributed by atoms with van der Waals surface area (Å²) in [4.78, 5) is 25.3. The molecule has 0 atom stereocenters. The number of anilines is 1. The molecule has 1 aliphatic rings. The van der Waals surface area contributed by atoms with Crippen LogP contribution in [0.2, 0.25) is 5.02 Å². The maximum atomic E-state index is 11.9. The Morgan fingerprint density at radius 1 is 1.32 bits per heavy atom. The summed E-state index contributed by atoms with van der Waals surface area (Å²) < 4.78 is 0. The van der Waals surface area contributed by atoms with E-state index in [0.717, 1.165) is 18.7 Å². The molecule has 5 nitrogen and oxygen atoms in total. The molecule has 0 bridgehead atoms. The number of hydrogen-bond acceptors (Lipinski definition) is 3. The van der Waals surface area contributed by atoms with E-state index in [-0.39, 0.29) is 0 Å². The van der Waals surface area contributed by atoms with Crippen LogP contribution in [0.15, 0.2) is 18.2 Å². The zero-order valence-corrected chi connectivity index (χ0v) is 11.5. The Morgan fingerprint density at radius 2 is 2.00 bits per heavy atom. The third kappa shape index (κ3) is 3.45. The summed E-state index contributed by atoms with van der Waals surface area (Å²) in [6.45, 7) is 4.42. The average Bonchev–Trinajstić information content (AvgIpc) is 2.43. The van der Waals surface area contributed by atoms with Crippen LogP contribution in [0.1, 0.15) is 5.56 Å². The van der Waals surface area contributed by atoms with Gasteiger partial charge < -0.3 is 15.5 Å². The van der Waals surface area contributed by atoms with E-state index in [1.807, 2.05) is 6.92 Å². The molecule has 19 heavy (non-hydrogen) atoms. The number of rotatable bonds is 1. The molecule has 0 aliphatic carbocycles. The summed E-state index contributed by atoms with van der Waals surface area (Å²) >= 11 is 5.97. The van der Waals surface area contributed by atoms with Gasteiger partial charge in [0, 0.05) is 36.9 Å². The molecule has 1 saturated heterocycles. The first-order valence-corrected chi connectivity index (χ1v) is 6.53. The molecule has 1 heterocycles. The number of carbonyl (C=O) groups is 2. The second-order valence-corrected chi connectivity index (χ2v) is 4.87. The lowest BCUT2D eigenvalue weighted by Crippen LogP contribution is -2.49. The standard InChI is InChI=1S/C13H16ClN3O2/c1-9-2-3-10(8-11(9)14)16-12(18)13(19)17-6-4-15-5-7-17/h2-3,8,15H,4-7H2,1H3,(H,16,18). The molecule has 2 amide bonds. The van der Waals surface area contributed by atoms with Crippen LogP contribution in [-0.2, 0) is 9.59 Å².